The van der Waals surface area contributed by atoms with Crippen LogP contribution < -0.4 is 0 Å². The molecule has 2 fully saturated rings. The molecule has 5 heteroatoms. The van der Waals surface area contributed by atoms with E-state index in [2.05, 4.69) is 40.4 Å². The van der Waals surface area contributed by atoms with Crippen molar-refractivity contribution < 1.29 is 4.79 Å². The van der Waals surface area contributed by atoms with Gasteiger partial charge in [0.25, 0.3) is 0 Å². The van der Waals surface area contributed by atoms with E-state index in [4.69, 9.17) is 11.6 Å². The number of amides is 1. The van der Waals surface area contributed by atoms with E-state index < -0.39 is 0 Å². The van der Waals surface area contributed by atoms with E-state index in [0.717, 1.165) is 43.5 Å². The lowest BCUT2D eigenvalue weighted by molar-refractivity contribution is -0.144. The maximum Gasteiger partial charge on any atom is 0.229 e. The minimum absolute atomic E-state index is 0.169. The Morgan fingerprint density at radius 3 is 2.86 bits per heavy atom. The van der Waals surface area contributed by atoms with E-state index >= 15 is 0 Å². The number of nitrogens with zero attached hydrogens (tertiary/aromatic N) is 3. The van der Waals surface area contributed by atoms with E-state index in [1.807, 2.05) is 6.07 Å². The van der Waals surface area contributed by atoms with Gasteiger partial charge in [-0.05, 0) is 69.2 Å². The maximum atomic E-state index is 13.8. The predicted octanol–water partition coefficient (Wildman–Crippen LogP) is 4.86. The molecular weight excluding hydrogens is 370 g/mol. The average Bonchev–Trinajstić information content (AvgIpc) is 3.33. The summed E-state index contributed by atoms with van der Waals surface area (Å²) in [5, 5.41) is 0.657. The van der Waals surface area contributed by atoms with E-state index in [0.29, 0.717) is 29.4 Å². The second kappa shape index (κ2) is 6.62. The lowest BCUT2D eigenvalue weighted by Crippen LogP contribution is -2.46. The first-order valence-corrected chi connectivity index (χ1v) is 10.9. The van der Waals surface area contributed by atoms with Crippen molar-refractivity contribution in [3.63, 3.8) is 0 Å². The molecule has 28 heavy (non-hydrogen) atoms. The molecule has 3 heterocycles. The Morgan fingerprint density at radius 1 is 1.29 bits per heavy atom. The highest BCUT2D eigenvalue weighted by Crippen LogP contribution is 2.59. The highest BCUT2D eigenvalue weighted by Gasteiger charge is 2.56. The molecule has 148 valence electrons. The van der Waals surface area contributed by atoms with Crippen LogP contribution in [0.25, 0.3) is 0 Å². The SMILES string of the molecule is Cc1ccc(C)n1C1CC2CCCC2(C(=O)N2CCc3ncc(Cl)cc3C2)C1. The fourth-order valence-electron chi connectivity index (χ4n) is 6.30. The number of hydrogen-bond donors (Lipinski definition) is 0. The molecule has 0 saturated heterocycles. The van der Waals surface area contributed by atoms with Gasteiger partial charge in [-0.15, -0.1) is 0 Å². The highest BCUT2D eigenvalue weighted by atomic mass is 35.5. The van der Waals surface area contributed by atoms with Crippen molar-refractivity contribution in [2.45, 2.75) is 65.0 Å². The standard InChI is InChI=1S/C23H28ClN3O/c1-15-5-6-16(2)27(15)20-11-18-4-3-8-23(18,12-20)22(28)26-9-7-21-17(14-26)10-19(24)13-25-21/h5-6,10,13,18,20H,3-4,7-9,11-12,14H2,1-2H3. The Balaban J connectivity index is 1.42. The number of hydrogen-bond acceptors (Lipinski definition) is 2. The van der Waals surface area contributed by atoms with Crippen LogP contribution >= 0.6 is 11.6 Å². The van der Waals surface area contributed by atoms with Gasteiger partial charge in [0.1, 0.15) is 0 Å². The van der Waals surface area contributed by atoms with Crippen LogP contribution in [0.1, 0.15) is 60.8 Å². The van der Waals surface area contributed by atoms with Crippen molar-refractivity contribution in [1.29, 1.82) is 0 Å². The van der Waals surface area contributed by atoms with Crippen molar-refractivity contribution in [2.24, 2.45) is 11.3 Å². The molecule has 2 saturated carbocycles. The molecule has 2 aromatic heterocycles. The van der Waals surface area contributed by atoms with Gasteiger partial charge < -0.3 is 9.47 Å². The summed E-state index contributed by atoms with van der Waals surface area (Å²) in [7, 11) is 0. The Hall–Kier alpha value is -1.81. The third kappa shape index (κ3) is 2.72. The predicted molar refractivity (Wildman–Crippen MR) is 110 cm³/mol. The molecule has 0 radical (unpaired) electrons. The first kappa shape index (κ1) is 18.2. The van der Waals surface area contributed by atoms with Gasteiger partial charge in [0.15, 0.2) is 0 Å². The van der Waals surface area contributed by atoms with Crippen molar-refractivity contribution in [3.05, 3.63) is 52.1 Å². The monoisotopic (exact) mass is 397 g/mol. The Labute approximate surface area is 171 Å². The Kier molecular flexibility index (Phi) is 4.31. The summed E-state index contributed by atoms with van der Waals surface area (Å²) >= 11 is 6.16. The second-order valence-electron chi connectivity index (χ2n) is 9.06. The Bertz CT molecular complexity index is 916. The molecule has 4 nitrogen and oxygen atoms in total. The number of halogens is 1. The van der Waals surface area contributed by atoms with Crippen LogP contribution in [-0.4, -0.2) is 26.9 Å². The summed E-state index contributed by atoms with van der Waals surface area (Å²) in [5.74, 6) is 0.899. The zero-order chi connectivity index (χ0) is 19.5. The smallest absolute Gasteiger partial charge is 0.229 e. The van der Waals surface area contributed by atoms with Gasteiger partial charge in [-0.1, -0.05) is 18.0 Å². The van der Waals surface area contributed by atoms with Crippen LogP contribution in [0, 0.1) is 25.2 Å². The number of aryl methyl sites for hydroxylation is 2. The molecule has 3 unspecified atom stereocenters. The quantitative estimate of drug-likeness (QED) is 0.725. The molecule has 0 N–H and O–H groups in total. The maximum absolute atomic E-state index is 13.8. The molecule has 1 amide bonds. The third-order valence-electron chi connectivity index (χ3n) is 7.52. The van der Waals surface area contributed by atoms with Crippen LogP contribution in [0.5, 0.6) is 0 Å². The summed E-state index contributed by atoms with van der Waals surface area (Å²) < 4.78 is 2.47. The first-order chi connectivity index (χ1) is 13.5. The fourth-order valence-corrected chi connectivity index (χ4v) is 6.48. The van der Waals surface area contributed by atoms with E-state index in [1.54, 1.807) is 6.20 Å². The summed E-state index contributed by atoms with van der Waals surface area (Å²) in [6.07, 6.45) is 8.10. The van der Waals surface area contributed by atoms with E-state index in [-0.39, 0.29) is 5.41 Å². The van der Waals surface area contributed by atoms with Crippen LogP contribution in [0.2, 0.25) is 5.02 Å². The van der Waals surface area contributed by atoms with Gasteiger partial charge in [0.2, 0.25) is 5.91 Å². The van der Waals surface area contributed by atoms with Crippen molar-refractivity contribution in [3.8, 4) is 0 Å². The summed E-state index contributed by atoms with van der Waals surface area (Å²) in [4.78, 5) is 20.4. The van der Waals surface area contributed by atoms with Crippen molar-refractivity contribution in [1.82, 2.24) is 14.5 Å². The van der Waals surface area contributed by atoms with Gasteiger partial charge in [0, 0.05) is 48.8 Å². The number of carbonyl (C=O) groups excluding carboxylic acids is 1. The van der Waals surface area contributed by atoms with Crippen molar-refractivity contribution >= 4 is 17.5 Å². The molecular formula is C23H28ClN3O. The zero-order valence-corrected chi connectivity index (χ0v) is 17.5. The molecule has 1 aliphatic heterocycles. The molecule has 0 bridgehead atoms. The third-order valence-corrected chi connectivity index (χ3v) is 7.73. The normalized spacial score (nSPS) is 29.0. The molecule has 3 aliphatic rings. The minimum atomic E-state index is -0.169. The number of fused-ring (bicyclic) bond motifs is 2. The fraction of sp³-hybridized carbons (Fsp3) is 0.565. The van der Waals surface area contributed by atoms with Gasteiger partial charge in [-0.3, -0.25) is 9.78 Å². The number of pyridine rings is 1. The average molecular weight is 398 g/mol. The first-order valence-electron chi connectivity index (χ1n) is 10.5. The second-order valence-corrected chi connectivity index (χ2v) is 9.50. The van der Waals surface area contributed by atoms with Gasteiger partial charge in [0.05, 0.1) is 10.4 Å². The molecule has 2 aliphatic carbocycles. The summed E-state index contributed by atoms with van der Waals surface area (Å²) in [6.45, 7) is 5.81. The number of aromatic nitrogens is 2. The molecule has 3 atom stereocenters. The largest absolute Gasteiger partial charge is 0.346 e. The van der Waals surface area contributed by atoms with E-state index in [1.165, 1.54) is 24.2 Å². The lowest BCUT2D eigenvalue weighted by atomic mass is 9.78. The van der Waals surface area contributed by atoms with Gasteiger partial charge >= 0.3 is 0 Å². The van der Waals surface area contributed by atoms with Gasteiger partial charge in [-0.2, -0.15) is 0 Å². The molecule has 0 aromatic carbocycles. The lowest BCUT2D eigenvalue weighted by Gasteiger charge is -2.37. The van der Waals surface area contributed by atoms with Crippen LogP contribution in [0.15, 0.2) is 24.4 Å². The number of carbonyl (C=O) groups is 1. The molecule has 0 spiro atoms. The molecule has 5 rings (SSSR count). The van der Waals surface area contributed by atoms with Crippen LogP contribution in [-0.2, 0) is 17.8 Å². The minimum Gasteiger partial charge on any atom is -0.346 e. The topological polar surface area (TPSA) is 38.1 Å². The summed E-state index contributed by atoms with van der Waals surface area (Å²) in [6, 6.07) is 6.85. The van der Waals surface area contributed by atoms with Crippen LogP contribution in [0.4, 0.5) is 0 Å². The van der Waals surface area contributed by atoms with Crippen molar-refractivity contribution in [2.75, 3.05) is 6.54 Å². The van der Waals surface area contributed by atoms with E-state index in [9.17, 15) is 4.79 Å². The van der Waals surface area contributed by atoms with Crippen LogP contribution in [0.3, 0.4) is 0 Å². The molecule has 2 aromatic rings. The highest BCUT2D eigenvalue weighted by molar-refractivity contribution is 6.30. The van der Waals surface area contributed by atoms with Gasteiger partial charge in [-0.25, -0.2) is 0 Å². The zero-order valence-electron chi connectivity index (χ0n) is 16.7. The Morgan fingerprint density at radius 2 is 2.07 bits per heavy atom. The number of rotatable bonds is 2. The summed E-state index contributed by atoms with van der Waals surface area (Å²) in [5.41, 5.74) is 4.68.